The Morgan fingerprint density at radius 1 is 1.24 bits per heavy atom. The van der Waals surface area contributed by atoms with E-state index in [1.54, 1.807) is 0 Å². The number of terminal acetylenes is 1. The summed E-state index contributed by atoms with van der Waals surface area (Å²) < 4.78 is 25.9. The van der Waals surface area contributed by atoms with Gasteiger partial charge in [-0.25, -0.2) is 8.42 Å². The Balaban J connectivity index is 2.83. The quantitative estimate of drug-likeness (QED) is 0.750. The van der Waals surface area contributed by atoms with Gasteiger partial charge in [-0.2, -0.15) is 4.72 Å². The van der Waals surface area contributed by atoms with Crippen LogP contribution in [0.5, 0.6) is 0 Å². The molecule has 0 saturated heterocycles. The molecule has 0 spiro atoms. The summed E-state index contributed by atoms with van der Waals surface area (Å²) in [7, 11) is -3.62. The maximum Gasteiger partial charge on any atom is 0.251 e. The second kappa shape index (κ2) is 7.81. The molecule has 0 fully saturated rings. The van der Waals surface area contributed by atoms with Gasteiger partial charge in [-0.3, -0.25) is 4.79 Å². The first-order valence-corrected chi connectivity index (χ1v) is 8.27. The lowest BCUT2D eigenvalue weighted by Crippen LogP contribution is -2.33. The van der Waals surface area contributed by atoms with E-state index in [-0.39, 0.29) is 23.4 Å². The highest BCUT2D eigenvalue weighted by atomic mass is 32.2. The van der Waals surface area contributed by atoms with Crippen molar-refractivity contribution in [3.8, 4) is 12.3 Å². The van der Waals surface area contributed by atoms with Crippen LogP contribution in [-0.2, 0) is 10.0 Å². The zero-order chi connectivity index (χ0) is 15.9. The number of amides is 1. The molecule has 1 amide bonds. The van der Waals surface area contributed by atoms with Crippen LogP contribution in [-0.4, -0.2) is 26.9 Å². The summed E-state index contributed by atoms with van der Waals surface area (Å²) in [4.78, 5) is 12.1. The van der Waals surface area contributed by atoms with Crippen molar-refractivity contribution in [1.29, 1.82) is 0 Å². The van der Waals surface area contributed by atoms with E-state index in [0.29, 0.717) is 5.56 Å². The molecule has 0 saturated carbocycles. The van der Waals surface area contributed by atoms with Gasteiger partial charge in [0, 0.05) is 11.6 Å². The van der Waals surface area contributed by atoms with Gasteiger partial charge in [-0.15, -0.1) is 6.42 Å². The summed E-state index contributed by atoms with van der Waals surface area (Å²) in [5, 5.41) is 2.89. The predicted octanol–water partition coefficient (Wildman–Crippen LogP) is 1.52. The van der Waals surface area contributed by atoms with Crippen LogP contribution in [0.4, 0.5) is 0 Å². The van der Waals surface area contributed by atoms with Crippen molar-refractivity contribution in [2.75, 3.05) is 6.54 Å². The molecule has 6 heteroatoms. The molecule has 114 valence electrons. The zero-order valence-electron chi connectivity index (χ0n) is 12.2. The molecule has 2 N–H and O–H groups in total. The van der Waals surface area contributed by atoms with Crippen LogP contribution < -0.4 is 10.0 Å². The van der Waals surface area contributed by atoms with Gasteiger partial charge in [0.15, 0.2) is 0 Å². The smallest absolute Gasteiger partial charge is 0.251 e. The van der Waals surface area contributed by atoms with Crippen molar-refractivity contribution in [2.24, 2.45) is 0 Å². The molecule has 21 heavy (non-hydrogen) atoms. The molecule has 0 aromatic heterocycles. The third-order valence-electron chi connectivity index (χ3n) is 3.11. The van der Waals surface area contributed by atoms with Crippen LogP contribution in [0, 0.1) is 12.3 Å². The Morgan fingerprint density at radius 2 is 1.81 bits per heavy atom. The fourth-order valence-corrected chi connectivity index (χ4v) is 2.70. The van der Waals surface area contributed by atoms with Crippen LogP contribution >= 0.6 is 0 Å². The van der Waals surface area contributed by atoms with E-state index >= 15 is 0 Å². The van der Waals surface area contributed by atoms with Gasteiger partial charge in [-0.1, -0.05) is 19.8 Å². The van der Waals surface area contributed by atoms with Gasteiger partial charge in [0.1, 0.15) is 0 Å². The molecule has 0 aliphatic heterocycles. The first-order chi connectivity index (χ1) is 9.94. The third kappa shape index (κ3) is 4.88. The molecular formula is C15H20N2O3S. The summed E-state index contributed by atoms with van der Waals surface area (Å²) in [5.74, 6) is 2.00. The molecule has 1 rings (SSSR count). The van der Waals surface area contributed by atoms with E-state index in [0.717, 1.165) is 12.8 Å². The fraction of sp³-hybridized carbons (Fsp3) is 0.400. The molecular weight excluding hydrogens is 288 g/mol. The predicted molar refractivity (Wildman–Crippen MR) is 82.3 cm³/mol. The van der Waals surface area contributed by atoms with E-state index in [2.05, 4.69) is 16.0 Å². The molecule has 1 aromatic rings. The summed E-state index contributed by atoms with van der Waals surface area (Å²) in [6.45, 7) is 3.93. The number of benzene rings is 1. The molecule has 0 atom stereocenters. The summed E-state index contributed by atoms with van der Waals surface area (Å²) in [5.41, 5.74) is 0.429. The Bertz CT molecular complexity index is 611. The largest absolute Gasteiger partial charge is 0.349 e. The van der Waals surface area contributed by atoms with Crippen LogP contribution in [0.3, 0.4) is 0 Å². The van der Waals surface area contributed by atoms with Gasteiger partial charge in [0.25, 0.3) is 5.91 Å². The topological polar surface area (TPSA) is 75.3 Å². The monoisotopic (exact) mass is 308 g/mol. The third-order valence-corrected chi connectivity index (χ3v) is 4.53. The molecule has 0 aliphatic rings. The molecule has 0 radical (unpaired) electrons. The lowest BCUT2D eigenvalue weighted by atomic mass is 10.1. The molecule has 0 heterocycles. The van der Waals surface area contributed by atoms with Crippen molar-refractivity contribution in [2.45, 2.75) is 37.6 Å². The van der Waals surface area contributed by atoms with Gasteiger partial charge in [0.05, 0.1) is 11.4 Å². The van der Waals surface area contributed by atoms with Gasteiger partial charge < -0.3 is 5.32 Å². The number of carbonyl (C=O) groups is 1. The van der Waals surface area contributed by atoms with Crippen molar-refractivity contribution in [3.63, 3.8) is 0 Å². The highest BCUT2D eigenvalue weighted by molar-refractivity contribution is 7.89. The van der Waals surface area contributed by atoms with Gasteiger partial charge in [0.2, 0.25) is 10.0 Å². The van der Waals surface area contributed by atoms with Crippen LogP contribution in [0.2, 0.25) is 0 Å². The van der Waals surface area contributed by atoms with E-state index in [4.69, 9.17) is 6.42 Å². The van der Waals surface area contributed by atoms with E-state index in [1.165, 1.54) is 24.3 Å². The number of sulfonamides is 1. The number of carbonyl (C=O) groups excluding carboxylic acids is 1. The van der Waals surface area contributed by atoms with Crippen molar-refractivity contribution in [1.82, 2.24) is 10.0 Å². The van der Waals surface area contributed by atoms with Gasteiger partial charge in [-0.05, 0) is 37.1 Å². The van der Waals surface area contributed by atoms with Gasteiger partial charge >= 0.3 is 0 Å². The second-order valence-corrected chi connectivity index (χ2v) is 6.31. The summed E-state index contributed by atoms with van der Waals surface area (Å²) in [6.07, 6.45) is 6.72. The molecule has 0 bridgehead atoms. The van der Waals surface area contributed by atoms with Crippen molar-refractivity contribution in [3.05, 3.63) is 29.8 Å². The zero-order valence-corrected chi connectivity index (χ0v) is 13.0. The lowest BCUT2D eigenvalue weighted by molar-refractivity contribution is 0.0934. The molecule has 0 unspecified atom stereocenters. The average Bonchev–Trinajstić information content (AvgIpc) is 2.50. The Kier molecular flexibility index (Phi) is 6.40. The number of rotatable bonds is 7. The molecule has 5 nitrogen and oxygen atoms in total. The first-order valence-electron chi connectivity index (χ1n) is 6.78. The number of hydrogen-bond acceptors (Lipinski definition) is 3. The van der Waals surface area contributed by atoms with Crippen molar-refractivity contribution >= 4 is 15.9 Å². The maximum absolute atomic E-state index is 12.0. The molecule has 0 aliphatic carbocycles. The van der Waals surface area contributed by atoms with E-state index < -0.39 is 10.0 Å². The average molecular weight is 308 g/mol. The fourth-order valence-electron chi connectivity index (χ4n) is 1.77. The van der Waals surface area contributed by atoms with E-state index in [9.17, 15) is 13.2 Å². The minimum atomic E-state index is -3.62. The Hall–Kier alpha value is -1.84. The SMILES string of the molecule is C#CCNS(=O)(=O)c1ccc(C(=O)NC(CC)CC)cc1. The van der Waals surface area contributed by atoms with Crippen LogP contribution in [0.15, 0.2) is 29.2 Å². The highest BCUT2D eigenvalue weighted by Gasteiger charge is 2.15. The summed E-state index contributed by atoms with van der Waals surface area (Å²) >= 11 is 0. The minimum Gasteiger partial charge on any atom is -0.349 e. The first kappa shape index (κ1) is 17.2. The maximum atomic E-state index is 12.0. The van der Waals surface area contributed by atoms with E-state index in [1.807, 2.05) is 13.8 Å². The second-order valence-electron chi connectivity index (χ2n) is 4.54. The van der Waals surface area contributed by atoms with Crippen LogP contribution in [0.1, 0.15) is 37.0 Å². The lowest BCUT2D eigenvalue weighted by Gasteiger charge is -2.14. The summed E-state index contributed by atoms with van der Waals surface area (Å²) in [6, 6.07) is 5.88. The molecule has 1 aromatic carbocycles. The van der Waals surface area contributed by atoms with Crippen molar-refractivity contribution < 1.29 is 13.2 Å². The highest BCUT2D eigenvalue weighted by Crippen LogP contribution is 2.11. The van der Waals surface area contributed by atoms with Crippen LogP contribution in [0.25, 0.3) is 0 Å². The Morgan fingerprint density at radius 3 is 2.29 bits per heavy atom. The number of hydrogen-bond donors (Lipinski definition) is 2. The normalized spacial score (nSPS) is 11.1. The Labute approximate surface area is 126 Å². The number of nitrogens with one attached hydrogen (secondary N) is 2. The standard InChI is InChI=1S/C15H20N2O3S/c1-4-11-16-21(19,20)14-9-7-12(8-10-14)15(18)17-13(5-2)6-3/h1,7-10,13,16H,5-6,11H2,2-3H3,(H,17,18). The minimum absolute atomic E-state index is 0.0702.